The predicted molar refractivity (Wildman–Crippen MR) is 79.8 cm³/mol. The van der Waals surface area contributed by atoms with Crippen molar-refractivity contribution in [2.24, 2.45) is 5.41 Å². The molecule has 0 bridgehead atoms. The molecule has 0 aromatic carbocycles. The van der Waals surface area contributed by atoms with Crippen LogP contribution in [0.4, 0.5) is 4.79 Å². The van der Waals surface area contributed by atoms with Gasteiger partial charge in [-0.25, -0.2) is 9.59 Å². The van der Waals surface area contributed by atoms with E-state index < -0.39 is 17.4 Å². The highest BCUT2D eigenvalue weighted by Gasteiger charge is 2.33. The van der Waals surface area contributed by atoms with Crippen molar-refractivity contribution in [1.29, 1.82) is 0 Å². The summed E-state index contributed by atoms with van der Waals surface area (Å²) in [5.74, 6) is -1.00. The first kappa shape index (κ1) is 18.7. The van der Waals surface area contributed by atoms with Gasteiger partial charge in [-0.05, 0) is 39.4 Å². The van der Waals surface area contributed by atoms with Gasteiger partial charge in [0.15, 0.2) is 0 Å². The minimum atomic E-state index is -1.00. The predicted octanol–water partition coefficient (Wildman–Crippen LogP) is 1.47. The second-order valence-corrected chi connectivity index (χ2v) is 6.32. The monoisotopic (exact) mass is 287 g/mol. The molecule has 0 aromatic rings. The molecule has 0 heterocycles. The van der Waals surface area contributed by atoms with Crippen molar-refractivity contribution in [1.82, 2.24) is 15.1 Å². The third-order valence-electron chi connectivity index (χ3n) is 3.08. The lowest BCUT2D eigenvalue weighted by atomic mass is 9.87. The molecule has 20 heavy (non-hydrogen) atoms. The van der Waals surface area contributed by atoms with Crippen molar-refractivity contribution in [3.63, 3.8) is 0 Å². The van der Waals surface area contributed by atoms with Crippen molar-refractivity contribution >= 4 is 12.0 Å². The Bertz CT molecular complexity index is 324. The van der Waals surface area contributed by atoms with E-state index in [0.717, 1.165) is 13.0 Å². The number of carboxylic acid groups (broad SMARTS) is 1. The largest absolute Gasteiger partial charge is 0.480 e. The van der Waals surface area contributed by atoms with Crippen LogP contribution in [-0.4, -0.2) is 66.7 Å². The Morgan fingerprint density at radius 3 is 2.10 bits per heavy atom. The number of carbonyl (C=O) groups excluding carboxylic acids is 1. The SMILES string of the molecule is CCN(CCCN(C)C)C(=O)N[C@H](C(=O)O)C(C)(C)C. The number of nitrogens with zero attached hydrogens (tertiary/aromatic N) is 2. The second kappa shape index (κ2) is 8.09. The molecule has 1 atom stereocenters. The van der Waals surface area contributed by atoms with Crippen LogP contribution in [0.1, 0.15) is 34.1 Å². The fourth-order valence-corrected chi connectivity index (χ4v) is 1.84. The zero-order valence-corrected chi connectivity index (χ0v) is 13.6. The Morgan fingerprint density at radius 2 is 1.75 bits per heavy atom. The van der Waals surface area contributed by atoms with E-state index in [2.05, 4.69) is 10.2 Å². The first-order valence-corrected chi connectivity index (χ1v) is 7.02. The maximum atomic E-state index is 12.1. The van der Waals surface area contributed by atoms with Crippen LogP contribution >= 0.6 is 0 Å². The summed E-state index contributed by atoms with van der Waals surface area (Å²) in [4.78, 5) is 27.1. The zero-order chi connectivity index (χ0) is 15.9. The van der Waals surface area contributed by atoms with E-state index in [4.69, 9.17) is 0 Å². The highest BCUT2D eigenvalue weighted by atomic mass is 16.4. The zero-order valence-electron chi connectivity index (χ0n) is 13.6. The Balaban J connectivity index is 4.56. The third-order valence-corrected chi connectivity index (χ3v) is 3.08. The highest BCUT2D eigenvalue weighted by Crippen LogP contribution is 2.19. The summed E-state index contributed by atoms with van der Waals surface area (Å²) in [6, 6.07) is -1.20. The van der Waals surface area contributed by atoms with Gasteiger partial charge < -0.3 is 20.2 Å². The molecule has 0 radical (unpaired) electrons. The molecule has 0 aliphatic carbocycles. The number of aliphatic carboxylic acids is 1. The van der Waals surface area contributed by atoms with E-state index in [9.17, 15) is 14.7 Å². The average Bonchev–Trinajstić information content (AvgIpc) is 2.29. The third kappa shape index (κ3) is 6.75. The number of hydrogen-bond donors (Lipinski definition) is 2. The van der Waals surface area contributed by atoms with Crippen molar-refractivity contribution in [3.8, 4) is 0 Å². The minimum absolute atomic E-state index is 0.311. The molecule has 0 aromatic heterocycles. The molecule has 0 saturated carbocycles. The van der Waals surface area contributed by atoms with Gasteiger partial charge >= 0.3 is 12.0 Å². The van der Waals surface area contributed by atoms with Crippen LogP contribution in [0.5, 0.6) is 0 Å². The molecule has 0 aliphatic rings. The van der Waals surface area contributed by atoms with Crippen LogP contribution < -0.4 is 5.32 Å². The molecule has 118 valence electrons. The molecule has 0 rings (SSSR count). The molecule has 0 unspecified atom stereocenters. The molecular weight excluding hydrogens is 258 g/mol. The summed E-state index contributed by atoms with van der Waals surface area (Å²) in [6.07, 6.45) is 0.863. The first-order chi connectivity index (χ1) is 9.09. The number of nitrogens with one attached hydrogen (secondary N) is 1. The van der Waals surface area contributed by atoms with Gasteiger partial charge in [0.2, 0.25) is 0 Å². The molecular formula is C14H29N3O3. The quantitative estimate of drug-likeness (QED) is 0.743. The maximum absolute atomic E-state index is 12.1. The van der Waals surface area contributed by atoms with Crippen LogP contribution in [0, 0.1) is 5.41 Å². The lowest BCUT2D eigenvalue weighted by molar-refractivity contribution is -0.142. The van der Waals surface area contributed by atoms with E-state index in [-0.39, 0.29) is 6.03 Å². The lowest BCUT2D eigenvalue weighted by Gasteiger charge is -2.30. The molecule has 6 heteroatoms. The van der Waals surface area contributed by atoms with Gasteiger partial charge in [-0.1, -0.05) is 20.8 Å². The fourth-order valence-electron chi connectivity index (χ4n) is 1.84. The van der Waals surface area contributed by atoms with E-state index in [1.807, 2.05) is 21.0 Å². The van der Waals surface area contributed by atoms with Crippen molar-refractivity contribution in [3.05, 3.63) is 0 Å². The number of urea groups is 1. The van der Waals surface area contributed by atoms with E-state index in [1.54, 1.807) is 25.7 Å². The van der Waals surface area contributed by atoms with E-state index in [1.165, 1.54) is 0 Å². The van der Waals surface area contributed by atoms with Crippen LogP contribution in [0.2, 0.25) is 0 Å². The number of rotatable bonds is 7. The Morgan fingerprint density at radius 1 is 1.20 bits per heavy atom. The summed E-state index contributed by atoms with van der Waals surface area (Å²) in [6.45, 7) is 9.37. The lowest BCUT2D eigenvalue weighted by Crippen LogP contribution is -2.53. The smallest absolute Gasteiger partial charge is 0.326 e. The van der Waals surface area contributed by atoms with Gasteiger partial charge in [0.1, 0.15) is 6.04 Å². The molecule has 0 saturated heterocycles. The minimum Gasteiger partial charge on any atom is -0.480 e. The van der Waals surface area contributed by atoms with Crippen molar-refractivity contribution < 1.29 is 14.7 Å². The topological polar surface area (TPSA) is 72.9 Å². The van der Waals surface area contributed by atoms with E-state index >= 15 is 0 Å². The van der Waals surface area contributed by atoms with Gasteiger partial charge in [0.25, 0.3) is 0 Å². The van der Waals surface area contributed by atoms with E-state index in [0.29, 0.717) is 13.1 Å². The Kier molecular flexibility index (Phi) is 7.57. The molecule has 0 fully saturated rings. The Labute approximate surface area is 122 Å². The van der Waals surface area contributed by atoms with Crippen molar-refractivity contribution in [2.45, 2.75) is 40.2 Å². The number of carbonyl (C=O) groups is 2. The standard InChI is InChI=1S/C14H29N3O3/c1-7-17(10-8-9-16(5)6)13(20)15-11(12(18)19)14(2,3)4/h11H,7-10H2,1-6H3,(H,15,20)(H,18,19)/t11-/m1/s1. The summed E-state index contributed by atoms with van der Waals surface area (Å²) in [5.41, 5.74) is -0.523. The highest BCUT2D eigenvalue weighted by molar-refractivity contribution is 5.83. The number of amides is 2. The fraction of sp³-hybridized carbons (Fsp3) is 0.857. The van der Waals surface area contributed by atoms with Gasteiger partial charge in [-0.15, -0.1) is 0 Å². The summed E-state index contributed by atoms with van der Waals surface area (Å²) >= 11 is 0. The molecule has 0 spiro atoms. The van der Waals surface area contributed by atoms with Crippen LogP contribution in [0.15, 0.2) is 0 Å². The summed E-state index contributed by atoms with van der Waals surface area (Å²) in [7, 11) is 3.97. The summed E-state index contributed by atoms with van der Waals surface area (Å²) < 4.78 is 0. The van der Waals surface area contributed by atoms with Crippen LogP contribution in [-0.2, 0) is 4.79 Å². The second-order valence-electron chi connectivity index (χ2n) is 6.32. The normalized spacial score (nSPS) is 13.2. The molecule has 0 aliphatic heterocycles. The average molecular weight is 287 g/mol. The molecule has 2 N–H and O–H groups in total. The van der Waals surface area contributed by atoms with Crippen molar-refractivity contribution in [2.75, 3.05) is 33.7 Å². The van der Waals surface area contributed by atoms with Gasteiger partial charge in [-0.3, -0.25) is 0 Å². The molecule has 2 amide bonds. The Hall–Kier alpha value is -1.30. The van der Waals surface area contributed by atoms with Crippen LogP contribution in [0.3, 0.4) is 0 Å². The van der Waals surface area contributed by atoms with Gasteiger partial charge in [0, 0.05) is 13.1 Å². The number of carboxylic acids is 1. The van der Waals surface area contributed by atoms with Gasteiger partial charge in [-0.2, -0.15) is 0 Å². The number of hydrogen-bond acceptors (Lipinski definition) is 3. The summed E-state index contributed by atoms with van der Waals surface area (Å²) in [5, 5.41) is 11.8. The van der Waals surface area contributed by atoms with Gasteiger partial charge in [0.05, 0.1) is 0 Å². The molecule has 6 nitrogen and oxygen atoms in total. The maximum Gasteiger partial charge on any atom is 0.326 e. The first-order valence-electron chi connectivity index (χ1n) is 7.02. The van der Waals surface area contributed by atoms with Crippen LogP contribution in [0.25, 0.3) is 0 Å².